The number of nitrogens with zero attached hydrogens (tertiary/aromatic N) is 6. The summed E-state index contributed by atoms with van der Waals surface area (Å²) in [7, 11) is 0. The largest absolute Gasteiger partial charge is 0.385 e. The molecule has 0 aliphatic carbocycles. The van der Waals surface area contributed by atoms with Gasteiger partial charge in [0.2, 0.25) is 17.7 Å². The lowest BCUT2D eigenvalue weighted by molar-refractivity contribution is -0.136. The first kappa shape index (κ1) is 32.6. The Balaban J connectivity index is 0.827. The molecule has 5 amide bonds. The van der Waals surface area contributed by atoms with E-state index in [1.807, 2.05) is 40.2 Å². The molecule has 0 radical (unpaired) electrons. The summed E-state index contributed by atoms with van der Waals surface area (Å²) in [5, 5.41) is 10.1. The van der Waals surface area contributed by atoms with Gasteiger partial charge < -0.3 is 10.2 Å². The Labute approximate surface area is 290 Å². The molecule has 2 N–H and O–H groups in total. The number of piperidine rings is 2. The number of fused-ring (bicyclic) bond motifs is 2. The first-order chi connectivity index (χ1) is 23.8. The average Bonchev–Trinajstić information content (AvgIpc) is 3.69. The number of carbonyl (C=O) groups is 5. The number of nitrogens with one attached hydrogen (secondary N) is 2. The predicted octanol–water partition coefficient (Wildman–Crippen LogP) is 4.49. The lowest BCUT2D eigenvalue weighted by Crippen LogP contribution is -2.54. The smallest absolute Gasteiger partial charge is 0.262 e. The molecule has 4 aromatic rings. The van der Waals surface area contributed by atoms with Crippen molar-refractivity contribution in [3.8, 4) is 11.3 Å². The van der Waals surface area contributed by atoms with Gasteiger partial charge in [-0.1, -0.05) is 12.5 Å². The van der Waals surface area contributed by atoms with Crippen LogP contribution in [0.15, 0.2) is 59.5 Å². The van der Waals surface area contributed by atoms with Crippen LogP contribution in [-0.4, -0.2) is 84.8 Å². The molecule has 0 spiro atoms. The van der Waals surface area contributed by atoms with E-state index in [1.165, 1.54) is 0 Å². The molecular weight excluding hydrogens is 692 g/mol. The van der Waals surface area contributed by atoms with E-state index in [9.17, 15) is 24.0 Å². The van der Waals surface area contributed by atoms with Crippen molar-refractivity contribution in [1.82, 2.24) is 34.9 Å². The second-order valence-corrected chi connectivity index (χ2v) is 13.5. The van der Waals surface area contributed by atoms with Gasteiger partial charge in [0.1, 0.15) is 11.6 Å². The van der Waals surface area contributed by atoms with Crippen LogP contribution in [0.2, 0.25) is 0 Å². The highest BCUT2D eigenvalue weighted by atomic mass is 79.9. The topological polar surface area (TPSA) is 159 Å². The maximum atomic E-state index is 13.1. The van der Waals surface area contributed by atoms with Crippen molar-refractivity contribution in [1.29, 1.82) is 0 Å². The summed E-state index contributed by atoms with van der Waals surface area (Å²) in [4.78, 5) is 74.9. The zero-order valence-electron chi connectivity index (χ0n) is 26.7. The van der Waals surface area contributed by atoms with Gasteiger partial charge in [-0.15, -0.1) is 0 Å². The van der Waals surface area contributed by atoms with Crippen LogP contribution in [0.4, 0.5) is 5.69 Å². The number of halogens is 1. The minimum atomic E-state index is -0.985. The number of carbonyl (C=O) groups excluding carboxylic acids is 5. The summed E-state index contributed by atoms with van der Waals surface area (Å²) in [6.45, 7) is 2.04. The van der Waals surface area contributed by atoms with E-state index in [2.05, 4.69) is 36.6 Å². The molecule has 0 bridgehead atoms. The van der Waals surface area contributed by atoms with Crippen LogP contribution in [0.3, 0.4) is 0 Å². The van der Waals surface area contributed by atoms with Gasteiger partial charge in [-0.25, -0.2) is 4.98 Å². The van der Waals surface area contributed by atoms with E-state index in [0.717, 1.165) is 63.8 Å². The second kappa shape index (κ2) is 13.9. The van der Waals surface area contributed by atoms with Gasteiger partial charge in [0.15, 0.2) is 0 Å². The number of hydrogen-bond acceptors (Lipinski definition) is 9. The number of unbranched alkanes of at least 4 members (excludes halogenated alkanes) is 2. The molecule has 2 aromatic heterocycles. The van der Waals surface area contributed by atoms with Gasteiger partial charge in [-0.05, 0) is 78.4 Å². The minimum absolute atomic E-state index is 0.0801. The first-order valence-corrected chi connectivity index (χ1v) is 17.4. The van der Waals surface area contributed by atoms with E-state index >= 15 is 0 Å². The quantitative estimate of drug-likeness (QED) is 0.177. The molecule has 2 aromatic carbocycles. The molecule has 1 unspecified atom stereocenters. The van der Waals surface area contributed by atoms with Gasteiger partial charge in [0.25, 0.3) is 11.8 Å². The van der Waals surface area contributed by atoms with Crippen LogP contribution >= 0.6 is 15.9 Å². The molecule has 13 nitrogen and oxygen atoms in total. The lowest BCUT2D eigenvalue weighted by Gasteiger charge is -2.32. The number of imide groups is 2. The van der Waals surface area contributed by atoms with Crippen molar-refractivity contribution < 1.29 is 24.0 Å². The molecule has 1 atom stereocenters. The number of anilines is 1. The van der Waals surface area contributed by atoms with Crippen molar-refractivity contribution in [2.45, 2.75) is 63.5 Å². The fraction of sp³-hybridized carbons (Fsp3) is 0.371. The second-order valence-electron chi connectivity index (χ2n) is 12.6. The van der Waals surface area contributed by atoms with Gasteiger partial charge in [-0.3, -0.25) is 43.9 Å². The summed E-state index contributed by atoms with van der Waals surface area (Å²) < 4.78 is 2.88. The molecule has 14 heteroatoms. The standard InChI is InChI=1S/C35H35BrN8O5/c36-26-5-4-6-27-32(26)40-28(19-38-27)21-18-39-43(20-21)23-12-15-42(16-13-23)31(46)7-2-1-3-14-37-22-8-9-24-25(17-22)35(49)44(34(24)48)29-10-11-30(45)41-33(29)47/h4-6,8-9,17-20,23,29,37H,1-3,7,10-16H2,(H,41,45,47). The van der Waals surface area contributed by atoms with Crippen LogP contribution in [0, 0.1) is 0 Å². The Morgan fingerprint density at radius 1 is 0.959 bits per heavy atom. The van der Waals surface area contributed by atoms with E-state index in [0.29, 0.717) is 31.7 Å². The van der Waals surface area contributed by atoms with Gasteiger partial charge >= 0.3 is 0 Å². The number of hydrogen-bond donors (Lipinski definition) is 2. The molecule has 5 heterocycles. The number of amides is 5. The fourth-order valence-corrected chi connectivity index (χ4v) is 7.18. The zero-order chi connectivity index (χ0) is 34.1. The van der Waals surface area contributed by atoms with Crippen molar-refractivity contribution in [3.63, 3.8) is 0 Å². The Morgan fingerprint density at radius 3 is 2.59 bits per heavy atom. The highest BCUT2D eigenvalue weighted by Gasteiger charge is 2.44. The maximum absolute atomic E-state index is 13.1. The Morgan fingerprint density at radius 2 is 1.78 bits per heavy atom. The van der Waals surface area contributed by atoms with Crippen molar-refractivity contribution in [3.05, 3.63) is 70.6 Å². The summed E-state index contributed by atoms with van der Waals surface area (Å²) in [5.41, 5.74) is 4.52. The van der Waals surface area contributed by atoms with Crippen LogP contribution in [-0.2, 0) is 14.4 Å². The number of likely N-dealkylation sites (tertiary alicyclic amines) is 1. The van der Waals surface area contributed by atoms with E-state index < -0.39 is 29.7 Å². The Hall–Kier alpha value is -4.98. The fourth-order valence-electron chi connectivity index (χ4n) is 6.74. The normalized spacial score (nSPS) is 18.3. The monoisotopic (exact) mass is 726 g/mol. The third-order valence-electron chi connectivity index (χ3n) is 9.45. The highest BCUT2D eigenvalue weighted by Crippen LogP contribution is 2.30. The highest BCUT2D eigenvalue weighted by molar-refractivity contribution is 9.10. The average molecular weight is 728 g/mol. The molecule has 0 saturated carbocycles. The lowest BCUT2D eigenvalue weighted by atomic mass is 10.0. The third-order valence-corrected chi connectivity index (χ3v) is 10.1. The van der Waals surface area contributed by atoms with Crippen LogP contribution in [0.25, 0.3) is 22.3 Å². The van der Waals surface area contributed by atoms with Gasteiger partial charge in [0, 0.05) is 54.4 Å². The molecular formula is C35H35BrN8O5. The Kier molecular flexibility index (Phi) is 9.21. The molecule has 49 heavy (non-hydrogen) atoms. The molecule has 7 rings (SSSR count). The molecule has 3 aliphatic heterocycles. The molecule has 2 saturated heterocycles. The number of benzene rings is 2. The van der Waals surface area contributed by atoms with Crippen LogP contribution in [0.5, 0.6) is 0 Å². The van der Waals surface area contributed by atoms with Crippen molar-refractivity contribution in [2.75, 3.05) is 25.0 Å². The van der Waals surface area contributed by atoms with E-state index in [1.54, 1.807) is 24.4 Å². The number of aromatic nitrogens is 4. The molecule has 2 fully saturated rings. The summed E-state index contributed by atoms with van der Waals surface area (Å²) in [6, 6.07) is 10.0. The van der Waals surface area contributed by atoms with Crippen molar-refractivity contribution >= 4 is 62.2 Å². The summed E-state index contributed by atoms with van der Waals surface area (Å²) in [5.74, 6) is -1.91. The molecule has 3 aliphatic rings. The third kappa shape index (κ3) is 6.69. The van der Waals surface area contributed by atoms with Crippen LogP contribution < -0.4 is 10.6 Å². The molecule has 252 valence electrons. The van der Waals surface area contributed by atoms with Crippen LogP contribution in [0.1, 0.15) is 78.1 Å². The number of para-hydroxylation sites is 1. The summed E-state index contributed by atoms with van der Waals surface area (Å²) >= 11 is 3.56. The first-order valence-electron chi connectivity index (χ1n) is 16.6. The Bertz CT molecular complexity index is 1970. The van der Waals surface area contributed by atoms with Crippen molar-refractivity contribution in [2.24, 2.45) is 0 Å². The zero-order valence-corrected chi connectivity index (χ0v) is 28.3. The summed E-state index contributed by atoms with van der Waals surface area (Å²) in [6.07, 6.45) is 10.5. The minimum Gasteiger partial charge on any atom is -0.385 e. The van der Waals surface area contributed by atoms with Gasteiger partial charge in [-0.2, -0.15) is 5.10 Å². The SMILES string of the molecule is O=C1CCC(N2C(=O)c3ccc(NCCCCCC(=O)N4CCC(n5cc(-c6cnc7cccc(Br)c7n6)cn5)CC4)cc3C2=O)C(=O)N1. The van der Waals surface area contributed by atoms with E-state index in [-0.39, 0.29) is 35.9 Å². The predicted molar refractivity (Wildman–Crippen MR) is 183 cm³/mol. The van der Waals surface area contributed by atoms with Gasteiger partial charge in [0.05, 0.1) is 40.8 Å². The maximum Gasteiger partial charge on any atom is 0.262 e. The number of rotatable bonds is 10. The van der Waals surface area contributed by atoms with E-state index in [4.69, 9.17) is 4.98 Å².